The molecule has 0 aromatic heterocycles. The highest BCUT2D eigenvalue weighted by molar-refractivity contribution is 14.0. The summed E-state index contributed by atoms with van der Waals surface area (Å²) in [4.78, 5) is 6.92. The van der Waals surface area contributed by atoms with E-state index in [0.29, 0.717) is 5.92 Å². The number of rotatable bonds is 3. The molecule has 2 aliphatic heterocycles. The van der Waals surface area contributed by atoms with E-state index in [2.05, 4.69) is 60.7 Å². The summed E-state index contributed by atoms with van der Waals surface area (Å²) in [6, 6.07) is 8.56. The summed E-state index contributed by atoms with van der Waals surface area (Å²) in [5, 5.41) is 6.76. The lowest BCUT2D eigenvalue weighted by atomic mass is 10.1. The van der Waals surface area contributed by atoms with Crippen molar-refractivity contribution in [1.82, 2.24) is 10.6 Å². The van der Waals surface area contributed by atoms with E-state index in [1.54, 1.807) is 0 Å². The highest BCUT2D eigenvalue weighted by Crippen LogP contribution is 2.25. The smallest absolute Gasteiger partial charge is 0.191 e. The van der Waals surface area contributed by atoms with Crippen molar-refractivity contribution in [2.75, 3.05) is 37.6 Å². The first-order valence-electron chi connectivity index (χ1n) is 7.34. The first-order chi connectivity index (χ1) is 9.81. The molecular weight excluding hydrogens is 443 g/mol. The van der Waals surface area contributed by atoms with Crippen molar-refractivity contribution in [2.24, 2.45) is 10.9 Å². The van der Waals surface area contributed by atoms with Crippen LogP contribution in [0.25, 0.3) is 0 Å². The van der Waals surface area contributed by atoms with E-state index in [1.165, 1.54) is 12.1 Å². The first-order valence-corrected chi connectivity index (χ1v) is 8.13. The molecule has 1 atom stereocenters. The van der Waals surface area contributed by atoms with Crippen LogP contribution in [-0.2, 0) is 0 Å². The number of aliphatic imine (C=N–C) groups is 1. The normalized spacial score (nSPS) is 21.3. The van der Waals surface area contributed by atoms with Crippen molar-refractivity contribution >= 4 is 51.6 Å². The molecule has 2 aliphatic rings. The van der Waals surface area contributed by atoms with Crippen LogP contribution in [0.2, 0.25) is 0 Å². The second-order valence-electron chi connectivity index (χ2n) is 5.47. The number of nitrogens with one attached hydrogen (secondary N) is 2. The number of hydrogen-bond acceptors (Lipinski definition) is 4. The highest BCUT2D eigenvalue weighted by Gasteiger charge is 2.23. The molecule has 2 N–H and O–H groups in total. The van der Waals surface area contributed by atoms with Gasteiger partial charge >= 0.3 is 0 Å². The molecule has 4 nitrogen and oxygen atoms in total. The molecule has 1 unspecified atom stereocenters. The Hall–Kier alpha value is -0.500. The topological polar surface area (TPSA) is 39.7 Å². The van der Waals surface area contributed by atoms with E-state index >= 15 is 0 Å². The SMILES string of the molecule is Brc1cccc(N2CCC(CNC3=NCCCN3)C2)c1.I. The van der Waals surface area contributed by atoms with E-state index in [4.69, 9.17) is 0 Å². The molecule has 1 aromatic rings. The Balaban J connectivity index is 0.00000161. The molecule has 1 aromatic carbocycles. The predicted molar refractivity (Wildman–Crippen MR) is 103 cm³/mol. The summed E-state index contributed by atoms with van der Waals surface area (Å²) in [6.07, 6.45) is 2.39. The maximum absolute atomic E-state index is 4.45. The third kappa shape index (κ3) is 4.74. The molecule has 0 aliphatic carbocycles. The zero-order valence-electron chi connectivity index (χ0n) is 12.0. The minimum Gasteiger partial charge on any atom is -0.371 e. The van der Waals surface area contributed by atoms with Crippen molar-refractivity contribution in [3.8, 4) is 0 Å². The standard InChI is InChI=1S/C15H21BrN4.HI/c16-13-3-1-4-14(9-13)20-8-5-12(11-20)10-19-15-17-6-2-7-18-15;/h1,3-4,9,12H,2,5-8,10-11H2,(H2,17,18,19);1H. The second kappa shape index (κ2) is 8.22. The number of nitrogens with zero attached hydrogens (tertiary/aromatic N) is 2. The number of benzene rings is 1. The Bertz CT molecular complexity index is 494. The van der Waals surface area contributed by atoms with Gasteiger partial charge in [-0.25, -0.2) is 0 Å². The van der Waals surface area contributed by atoms with E-state index in [0.717, 1.165) is 49.6 Å². The van der Waals surface area contributed by atoms with E-state index in [1.807, 2.05) is 0 Å². The molecular formula is C15H22BrIN4. The molecule has 0 amide bonds. The Labute approximate surface area is 151 Å². The summed E-state index contributed by atoms with van der Waals surface area (Å²) in [6.45, 7) is 5.26. The Morgan fingerprint density at radius 3 is 3.10 bits per heavy atom. The van der Waals surface area contributed by atoms with Crippen LogP contribution in [0.3, 0.4) is 0 Å². The third-order valence-corrected chi connectivity index (χ3v) is 4.41. The molecule has 6 heteroatoms. The second-order valence-corrected chi connectivity index (χ2v) is 6.39. The van der Waals surface area contributed by atoms with Gasteiger partial charge in [0.2, 0.25) is 0 Å². The van der Waals surface area contributed by atoms with Crippen LogP contribution in [0.1, 0.15) is 12.8 Å². The van der Waals surface area contributed by atoms with Crippen LogP contribution in [0.15, 0.2) is 33.7 Å². The lowest BCUT2D eigenvalue weighted by Crippen LogP contribution is -2.43. The molecule has 0 spiro atoms. The summed E-state index contributed by atoms with van der Waals surface area (Å²) in [5.41, 5.74) is 1.31. The van der Waals surface area contributed by atoms with Gasteiger partial charge in [0, 0.05) is 42.9 Å². The Kier molecular flexibility index (Phi) is 6.60. The maximum Gasteiger partial charge on any atom is 0.191 e. The monoisotopic (exact) mass is 464 g/mol. The van der Waals surface area contributed by atoms with Gasteiger partial charge in [-0.05, 0) is 37.0 Å². The van der Waals surface area contributed by atoms with Gasteiger partial charge in [-0.15, -0.1) is 24.0 Å². The summed E-state index contributed by atoms with van der Waals surface area (Å²) >= 11 is 3.54. The number of hydrogen-bond donors (Lipinski definition) is 2. The molecule has 0 bridgehead atoms. The lowest BCUT2D eigenvalue weighted by molar-refractivity contribution is 0.560. The molecule has 21 heavy (non-hydrogen) atoms. The number of halogens is 2. The molecule has 0 radical (unpaired) electrons. The Morgan fingerprint density at radius 1 is 1.43 bits per heavy atom. The molecule has 0 saturated carbocycles. The van der Waals surface area contributed by atoms with Crippen molar-refractivity contribution in [3.05, 3.63) is 28.7 Å². The number of guanidine groups is 1. The van der Waals surface area contributed by atoms with Crippen LogP contribution in [-0.4, -0.2) is 38.7 Å². The average Bonchev–Trinajstić information content (AvgIpc) is 2.95. The average molecular weight is 465 g/mol. The molecule has 1 fully saturated rings. The first kappa shape index (κ1) is 16.9. The zero-order chi connectivity index (χ0) is 13.8. The predicted octanol–water partition coefficient (Wildman–Crippen LogP) is 2.83. The minimum absolute atomic E-state index is 0. The largest absolute Gasteiger partial charge is 0.371 e. The van der Waals surface area contributed by atoms with Gasteiger partial charge in [0.1, 0.15) is 0 Å². The lowest BCUT2D eigenvalue weighted by Gasteiger charge is -2.20. The fraction of sp³-hybridized carbons (Fsp3) is 0.533. The van der Waals surface area contributed by atoms with Crippen molar-refractivity contribution < 1.29 is 0 Å². The van der Waals surface area contributed by atoms with Crippen molar-refractivity contribution in [3.63, 3.8) is 0 Å². The van der Waals surface area contributed by atoms with Gasteiger partial charge in [0.15, 0.2) is 5.96 Å². The zero-order valence-corrected chi connectivity index (χ0v) is 15.9. The van der Waals surface area contributed by atoms with Gasteiger partial charge in [-0.3, -0.25) is 4.99 Å². The van der Waals surface area contributed by atoms with Gasteiger partial charge < -0.3 is 15.5 Å². The molecule has 2 heterocycles. The summed E-state index contributed by atoms with van der Waals surface area (Å²) < 4.78 is 1.15. The Morgan fingerprint density at radius 2 is 2.33 bits per heavy atom. The quantitative estimate of drug-likeness (QED) is 0.675. The van der Waals surface area contributed by atoms with Crippen LogP contribution in [0.4, 0.5) is 5.69 Å². The fourth-order valence-electron chi connectivity index (χ4n) is 2.80. The van der Waals surface area contributed by atoms with E-state index in [-0.39, 0.29) is 24.0 Å². The molecule has 116 valence electrons. The van der Waals surface area contributed by atoms with Crippen LogP contribution >= 0.6 is 39.9 Å². The highest BCUT2D eigenvalue weighted by atomic mass is 127. The maximum atomic E-state index is 4.45. The molecule has 3 rings (SSSR count). The fourth-order valence-corrected chi connectivity index (χ4v) is 3.19. The van der Waals surface area contributed by atoms with Gasteiger partial charge in [-0.2, -0.15) is 0 Å². The molecule has 1 saturated heterocycles. The summed E-state index contributed by atoms with van der Waals surface area (Å²) in [7, 11) is 0. The van der Waals surface area contributed by atoms with Crippen LogP contribution in [0.5, 0.6) is 0 Å². The van der Waals surface area contributed by atoms with E-state index in [9.17, 15) is 0 Å². The third-order valence-electron chi connectivity index (χ3n) is 3.91. The van der Waals surface area contributed by atoms with Crippen molar-refractivity contribution in [2.45, 2.75) is 12.8 Å². The van der Waals surface area contributed by atoms with Crippen LogP contribution in [0, 0.1) is 5.92 Å². The van der Waals surface area contributed by atoms with E-state index < -0.39 is 0 Å². The van der Waals surface area contributed by atoms with Gasteiger partial charge in [0.25, 0.3) is 0 Å². The number of anilines is 1. The van der Waals surface area contributed by atoms with Gasteiger partial charge in [0.05, 0.1) is 0 Å². The van der Waals surface area contributed by atoms with Crippen LogP contribution < -0.4 is 15.5 Å². The van der Waals surface area contributed by atoms with Crippen molar-refractivity contribution in [1.29, 1.82) is 0 Å². The van der Waals surface area contributed by atoms with Gasteiger partial charge in [-0.1, -0.05) is 22.0 Å². The summed E-state index contributed by atoms with van der Waals surface area (Å²) in [5.74, 6) is 1.68. The minimum atomic E-state index is 0.